The van der Waals surface area contributed by atoms with E-state index < -0.39 is 15.9 Å². The van der Waals surface area contributed by atoms with Crippen LogP contribution >= 0.6 is 0 Å². The Morgan fingerprint density at radius 1 is 1.06 bits per heavy atom. The molecule has 1 atom stereocenters. The van der Waals surface area contributed by atoms with E-state index in [2.05, 4.69) is 15.4 Å². The zero-order valence-corrected chi connectivity index (χ0v) is 18.4. The molecule has 0 aromatic heterocycles. The van der Waals surface area contributed by atoms with E-state index in [1.54, 1.807) is 44.2 Å². The van der Waals surface area contributed by atoms with Crippen LogP contribution in [0, 0.1) is 5.92 Å². The molecule has 0 aliphatic carbocycles. The zero-order chi connectivity index (χ0) is 22.4. The van der Waals surface area contributed by atoms with Crippen LogP contribution in [0.2, 0.25) is 0 Å². The van der Waals surface area contributed by atoms with Gasteiger partial charge in [-0.1, -0.05) is 26.0 Å². The Morgan fingerprint density at radius 2 is 1.77 bits per heavy atom. The average Bonchev–Trinajstić information content (AvgIpc) is 3.26. The van der Waals surface area contributed by atoms with Gasteiger partial charge in [0, 0.05) is 36.0 Å². The fraction of sp³-hybridized carbons (Fsp3) is 0.364. The summed E-state index contributed by atoms with van der Waals surface area (Å²) in [5.41, 5.74) is 1.25. The molecule has 0 radical (unpaired) electrons. The molecule has 1 saturated heterocycles. The summed E-state index contributed by atoms with van der Waals surface area (Å²) < 4.78 is 33.2. The van der Waals surface area contributed by atoms with Gasteiger partial charge in [0.2, 0.25) is 15.9 Å². The number of sulfonamides is 1. The molecule has 166 valence electrons. The summed E-state index contributed by atoms with van der Waals surface area (Å²) in [5, 5.41) is 5.50. The molecule has 1 aliphatic heterocycles. The van der Waals surface area contributed by atoms with Crippen molar-refractivity contribution in [1.82, 2.24) is 4.72 Å². The Labute approximate surface area is 182 Å². The number of benzene rings is 2. The molecule has 2 aromatic rings. The van der Waals surface area contributed by atoms with E-state index in [9.17, 15) is 18.0 Å². The van der Waals surface area contributed by atoms with Crippen molar-refractivity contribution in [3.05, 3.63) is 54.1 Å². The van der Waals surface area contributed by atoms with Gasteiger partial charge in [-0.2, -0.15) is 0 Å². The summed E-state index contributed by atoms with van der Waals surface area (Å²) in [4.78, 5) is 24.5. The zero-order valence-electron chi connectivity index (χ0n) is 17.6. The number of carbonyl (C=O) groups is 2. The maximum atomic E-state index is 12.7. The Morgan fingerprint density at radius 3 is 2.45 bits per heavy atom. The topological polar surface area (TPSA) is 114 Å². The largest absolute Gasteiger partial charge is 0.377 e. The van der Waals surface area contributed by atoms with Gasteiger partial charge in [0.05, 0.1) is 11.0 Å². The summed E-state index contributed by atoms with van der Waals surface area (Å²) in [6.07, 6.45) is 1.62. The van der Waals surface area contributed by atoms with Crippen molar-refractivity contribution in [2.24, 2.45) is 5.92 Å². The normalized spacial score (nSPS) is 16.3. The molecule has 3 rings (SSSR count). The minimum atomic E-state index is -3.76. The van der Waals surface area contributed by atoms with E-state index in [1.165, 1.54) is 18.2 Å². The monoisotopic (exact) mass is 445 g/mol. The third-order valence-electron chi connectivity index (χ3n) is 4.84. The molecule has 1 fully saturated rings. The lowest BCUT2D eigenvalue weighted by atomic mass is 10.2. The molecule has 8 nitrogen and oxygen atoms in total. The van der Waals surface area contributed by atoms with Crippen molar-refractivity contribution in [3.8, 4) is 0 Å². The van der Waals surface area contributed by atoms with E-state index in [1.807, 2.05) is 0 Å². The van der Waals surface area contributed by atoms with Gasteiger partial charge >= 0.3 is 0 Å². The molecule has 0 saturated carbocycles. The van der Waals surface area contributed by atoms with Gasteiger partial charge in [0.25, 0.3) is 5.91 Å². The number of rotatable bonds is 8. The number of hydrogen-bond acceptors (Lipinski definition) is 5. The van der Waals surface area contributed by atoms with Crippen LogP contribution in [0.4, 0.5) is 11.4 Å². The SMILES string of the molecule is CC(C)C(=O)Nc1cccc(NC(=O)c2cccc(S(=O)(=O)NCC3CCCO3)c2)c1. The molecule has 31 heavy (non-hydrogen) atoms. The van der Waals surface area contributed by atoms with Gasteiger partial charge < -0.3 is 15.4 Å². The predicted octanol–water partition coefficient (Wildman–Crippen LogP) is 2.99. The van der Waals surface area contributed by atoms with E-state index in [0.29, 0.717) is 18.0 Å². The molecule has 9 heteroatoms. The maximum absolute atomic E-state index is 12.7. The number of amides is 2. The van der Waals surface area contributed by atoms with Gasteiger partial charge in [-0.25, -0.2) is 13.1 Å². The van der Waals surface area contributed by atoms with Gasteiger partial charge in [0.1, 0.15) is 0 Å². The van der Waals surface area contributed by atoms with Crippen LogP contribution in [0.15, 0.2) is 53.4 Å². The lowest BCUT2D eigenvalue weighted by molar-refractivity contribution is -0.118. The second-order valence-electron chi connectivity index (χ2n) is 7.69. The molecule has 2 aromatic carbocycles. The molecule has 1 aliphatic rings. The van der Waals surface area contributed by atoms with Crippen LogP contribution in [-0.4, -0.2) is 39.5 Å². The van der Waals surface area contributed by atoms with Crippen LogP contribution in [0.3, 0.4) is 0 Å². The second kappa shape index (κ2) is 10.0. The van der Waals surface area contributed by atoms with Gasteiger partial charge in [-0.05, 0) is 49.2 Å². The lowest BCUT2D eigenvalue weighted by Gasteiger charge is -2.12. The molecular weight excluding hydrogens is 418 g/mol. The first-order valence-corrected chi connectivity index (χ1v) is 11.7. The van der Waals surface area contributed by atoms with Crippen molar-refractivity contribution < 1.29 is 22.7 Å². The van der Waals surface area contributed by atoms with Crippen molar-refractivity contribution in [1.29, 1.82) is 0 Å². The molecule has 1 heterocycles. The summed E-state index contributed by atoms with van der Waals surface area (Å²) in [5.74, 6) is -0.753. The Kier molecular flexibility index (Phi) is 7.42. The number of carbonyl (C=O) groups excluding carboxylic acids is 2. The minimum absolute atomic E-state index is 0.0103. The number of nitrogens with one attached hydrogen (secondary N) is 3. The number of hydrogen-bond donors (Lipinski definition) is 3. The van der Waals surface area contributed by atoms with Crippen molar-refractivity contribution in [2.45, 2.75) is 37.7 Å². The molecule has 3 N–H and O–H groups in total. The summed E-state index contributed by atoms with van der Waals surface area (Å²) in [7, 11) is -3.76. The van der Waals surface area contributed by atoms with Gasteiger partial charge in [-0.15, -0.1) is 0 Å². The molecule has 2 amide bonds. The highest BCUT2D eigenvalue weighted by Gasteiger charge is 2.21. The second-order valence-corrected chi connectivity index (χ2v) is 9.46. The summed E-state index contributed by atoms with van der Waals surface area (Å²) in [6, 6.07) is 12.6. The van der Waals surface area contributed by atoms with Crippen molar-refractivity contribution in [3.63, 3.8) is 0 Å². The van der Waals surface area contributed by atoms with E-state index in [-0.39, 0.29) is 34.9 Å². The van der Waals surface area contributed by atoms with E-state index in [0.717, 1.165) is 12.8 Å². The van der Waals surface area contributed by atoms with Crippen LogP contribution < -0.4 is 15.4 Å². The Balaban J connectivity index is 1.68. The highest BCUT2D eigenvalue weighted by molar-refractivity contribution is 7.89. The van der Waals surface area contributed by atoms with E-state index >= 15 is 0 Å². The quantitative estimate of drug-likeness (QED) is 0.578. The highest BCUT2D eigenvalue weighted by Crippen LogP contribution is 2.19. The van der Waals surface area contributed by atoms with Crippen molar-refractivity contribution >= 4 is 33.2 Å². The van der Waals surface area contributed by atoms with Crippen LogP contribution in [0.5, 0.6) is 0 Å². The minimum Gasteiger partial charge on any atom is -0.377 e. The lowest BCUT2D eigenvalue weighted by Crippen LogP contribution is -2.32. The average molecular weight is 446 g/mol. The maximum Gasteiger partial charge on any atom is 0.255 e. The summed E-state index contributed by atoms with van der Waals surface area (Å²) >= 11 is 0. The van der Waals surface area contributed by atoms with Gasteiger partial charge in [-0.3, -0.25) is 9.59 Å². The molecule has 0 bridgehead atoms. The Bertz CT molecular complexity index is 1050. The fourth-order valence-corrected chi connectivity index (χ4v) is 4.17. The molecular formula is C22H27N3O5S. The smallest absolute Gasteiger partial charge is 0.255 e. The van der Waals surface area contributed by atoms with Gasteiger partial charge in [0.15, 0.2) is 0 Å². The predicted molar refractivity (Wildman–Crippen MR) is 118 cm³/mol. The molecule has 0 spiro atoms. The van der Waals surface area contributed by atoms with Crippen LogP contribution in [0.1, 0.15) is 37.0 Å². The molecule has 1 unspecified atom stereocenters. The highest BCUT2D eigenvalue weighted by atomic mass is 32.2. The van der Waals surface area contributed by atoms with Crippen molar-refractivity contribution in [2.75, 3.05) is 23.8 Å². The van der Waals surface area contributed by atoms with Crippen LogP contribution in [0.25, 0.3) is 0 Å². The Hall–Kier alpha value is -2.75. The van der Waals surface area contributed by atoms with E-state index in [4.69, 9.17) is 4.74 Å². The third kappa shape index (κ3) is 6.36. The first-order valence-electron chi connectivity index (χ1n) is 10.2. The first-order chi connectivity index (χ1) is 14.7. The summed E-state index contributed by atoms with van der Waals surface area (Å²) in [6.45, 7) is 4.42. The first kappa shape index (κ1) is 22.9. The fourth-order valence-electron chi connectivity index (χ4n) is 3.06. The number of anilines is 2. The third-order valence-corrected chi connectivity index (χ3v) is 6.27. The van der Waals surface area contributed by atoms with Crippen LogP contribution in [-0.2, 0) is 19.6 Å². The number of ether oxygens (including phenoxy) is 1. The standard InChI is InChI=1S/C22H27N3O5S/c1-15(2)21(26)24-17-7-4-8-18(13-17)25-22(27)16-6-3-10-20(12-16)31(28,29)23-14-19-9-5-11-30-19/h3-4,6-8,10,12-13,15,19,23H,5,9,11,14H2,1-2H3,(H,24,26)(H,25,27).